The Morgan fingerprint density at radius 1 is 0.719 bits per heavy atom. The van der Waals surface area contributed by atoms with Gasteiger partial charge in [0.2, 0.25) is 0 Å². The third-order valence-corrected chi connectivity index (χ3v) is 19.3. The van der Waals surface area contributed by atoms with Crippen LogP contribution in [0.5, 0.6) is 0 Å². The average Bonchev–Trinajstić information content (AvgIpc) is 3.13. The smallest absolute Gasteiger partial charge is 0.411 e. The highest BCUT2D eigenvalue weighted by molar-refractivity contribution is 6.74. The molecule has 13 nitrogen and oxygen atoms in total. The second kappa shape index (κ2) is 22.5. The van der Waals surface area contributed by atoms with Gasteiger partial charge in [0.15, 0.2) is 16.6 Å². The van der Waals surface area contributed by atoms with Gasteiger partial charge in [-0.3, -0.25) is 10.1 Å². The van der Waals surface area contributed by atoms with Crippen LogP contribution in [-0.2, 0) is 39.3 Å². The van der Waals surface area contributed by atoms with Crippen molar-refractivity contribution in [3.05, 3.63) is 79.4 Å². The molecule has 0 saturated heterocycles. The van der Waals surface area contributed by atoms with Crippen LogP contribution in [0.1, 0.15) is 59.9 Å². The summed E-state index contributed by atoms with van der Waals surface area (Å²) < 4.78 is 28.5. The van der Waals surface area contributed by atoms with E-state index in [-0.39, 0.29) is 42.7 Å². The van der Waals surface area contributed by atoms with E-state index in [4.69, 9.17) is 23.1 Å². The topological polar surface area (TPSA) is 154 Å². The molecule has 3 amide bonds. The molecule has 2 rings (SSSR count). The Bertz CT molecular complexity index is 1590. The number of rotatable bonds is 22. The molecule has 0 aliphatic rings. The van der Waals surface area contributed by atoms with Gasteiger partial charge in [0, 0.05) is 36.6 Å². The van der Waals surface area contributed by atoms with E-state index in [1.807, 2.05) is 24.3 Å². The fourth-order valence-electron chi connectivity index (χ4n) is 4.67. The maximum absolute atomic E-state index is 12.7. The SMILES string of the molecule is C=CCOC(=O)CC[C@H](NC(=O)Nc1ccc(COC(=O)Nc2ccc(N(CCO[Si](C)(C)C(C)(C)C)CCO[Si](C)(C)C(C)(C)C)cc2)cc1)C(=O)OCC=C. The number of hydrogen-bond acceptors (Lipinski definition) is 10. The first-order chi connectivity index (χ1) is 26.6. The molecule has 3 N–H and O–H groups in total. The molecule has 15 heteroatoms. The average molecular weight is 827 g/mol. The minimum absolute atomic E-state index is 0.00814. The van der Waals surface area contributed by atoms with Crippen molar-refractivity contribution in [1.29, 1.82) is 0 Å². The zero-order valence-electron chi connectivity index (χ0n) is 35.8. The van der Waals surface area contributed by atoms with E-state index in [1.165, 1.54) is 12.2 Å². The molecule has 0 heterocycles. The van der Waals surface area contributed by atoms with Crippen molar-refractivity contribution in [1.82, 2.24) is 5.32 Å². The number of hydrogen-bond donors (Lipinski definition) is 3. The summed E-state index contributed by atoms with van der Waals surface area (Å²) in [5.41, 5.74) is 2.70. The zero-order chi connectivity index (χ0) is 42.9. The lowest BCUT2D eigenvalue weighted by Gasteiger charge is -2.38. The Morgan fingerprint density at radius 2 is 1.21 bits per heavy atom. The minimum atomic E-state index is -1.91. The van der Waals surface area contributed by atoms with Crippen molar-refractivity contribution in [2.24, 2.45) is 0 Å². The number of amides is 3. The van der Waals surface area contributed by atoms with Gasteiger partial charge < -0.3 is 38.6 Å². The standard InChI is InChI=1S/C42H66N4O9Si2/c1-13-27-51-37(47)24-23-36(38(48)52-28-14-2)45-39(49)43-33-17-15-32(16-18-33)31-53-40(50)44-34-19-21-35(22-20-34)46(25-29-54-56(9,10)41(3,4)5)26-30-55-57(11,12)42(6,7)8/h13-22,36H,1-2,23-31H2,3-12H3,(H,44,50)(H2,43,45,49)/t36-/m0/s1. The third-order valence-electron chi connectivity index (χ3n) is 10.3. The molecule has 2 aromatic rings. The lowest BCUT2D eigenvalue weighted by Crippen LogP contribution is -2.44. The van der Waals surface area contributed by atoms with Crippen LogP contribution < -0.4 is 20.9 Å². The van der Waals surface area contributed by atoms with Gasteiger partial charge in [0.25, 0.3) is 0 Å². The molecular formula is C42H66N4O9Si2. The van der Waals surface area contributed by atoms with Crippen LogP contribution in [0.25, 0.3) is 0 Å². The summed E-state index contributed by atoms with van der Waals surface area (Å²) >= 11 is 0. The molecule has 316 valence electrons. The molecule has 57 heavy (non-hydrogen) atoms. The predicted molar refractivity (Wildman–Crippen MR) is 233 cm³/mol. The summed E-state index contributed by atoms with van der Waals surface area (Å²) in [5, 5.41) is 8.20. The van der Waals surface area contributed by atoms with Crippen LogP contribution in [0.15, 0.2) is 73.8 Å². The largest absolute Gasteiger partial charge is 0.461 e. The van der Waals surface area contributed by atoms with Gasteiger partial charge in [-0.15, -0.1) is 0 Å². The number of esters is 2. The maximum Gasteiger partial charge on any atom is 0.411 e. The van der Waals surface area contributed by atoms with Crippen LogP contribution >= 0.6 is 0 Å². The van der Waals surface area contributed by atoms with Crippen molar-refractivity contribution in [2.75, 3.05) is 55.1 Å². The van der Waals surface area contributed by atoms with Crippen molar-refractivity contribution < 1.29 is 42.2 Å². The molecule has 0 aliphatic heterocycles. The summed E-state index contributed by atoms with van der Waals surface area (Å²) in [4.78, 5) is 52.1. The molecule has 0 unspecified atom stereocenters. The van der Waals surface area contributed by atoms with Crippen molar-refractivity contribution >= 4 is 57.8 Å². The van der Waals surface area contributed by atoms with Crippen LogP contribution in [0.3, 0.4) is 0 Å². The molecule has 0 aromatic heterocycles. The zero-order valence-corrected chi connectivity index (χ0v) is 37.8. The Morgan fingerprint density at radius 3 is 1.72 bits per heavy atom. The fourth-order valence-corrected chi connectivity index (χ4v) is 6.74. The van der Waals surface area contributed by atoms with E-state index < -0.39 is 46.7 Å². The summed E-state index contributed by atoms with van der Waals surface area (Å²) in [7, 11) is -3.82. The number of anilines is 3. The first kappa shape index (κ1) is 48.7. The number of carbonyl (C=O) groups excluding carboxylic acids is 4. The van der Waals surface area contributed by atoms with E-state index in [2.05, 4.69) is 102 Å². The summed E-state index contributed by atoms with van der Waals surface area (Å²) in [6.07, 6.45) is 2.07. The lowest BCUT2D eigenvalue weighted by molar-refractivity contribution is -0.146. The highest BCUT2D eigenvalue weighted by atomic mass is 28.4. The second-order valence-electron chi connectivity index (χ2n) is 16.7. The second-order valence-corrected chi connectivity index (χ2v) is 26.3. The van der Waals surface area contributed by atoms with Crippen LogP contribution in [0.2, 0.25) is 36.3 Å². The van der Waals surface area contributed by atoms with Gasteiger partial charge in [-0.05, 0) is 84.6 Å². The summed E-state index contributed by atoms with van der Waals surface area (Å²) in [6, 6.07) is 12.5. The van der Waals surface area contributed by atoms with E-state index >= 15 is 0 Å². The molecule has 0 aliphatic carbocycles. The van der Waals surface area contributed by atoms with Gasteiger partial charge >= 0.3 is 24.1 Å². The first-order valence-corrected chi connectivity index (χ1v) is 25.2. The number of nitrogens with zero attached hydrogens (tertiary/aromatic N) is 1. The Kier molecular flexibility index (Phi) is 19.2. The van der Waals surface area contributed by atoms with E-state index in [1.54, 1.807) is 24.3 Å². The van der Waals surface area contributed by atoms with E-state index in [9.17, 15) is 19.2 Å². The Balaban J connectivity index is 1.97. The molecule has 0 radical (unpaired) electrons. The first-order valence-electron chi connectivity index (χ1n) is 19.4. The molecular weight excluding hydrogens is 761 g/mol. The van der Waals surface area contributed by atoms with Gasteiger partial charge in [0.1, 0.15) is 25.9 Å². The Hall–Kier alpha value is -4.45. The number of ether oxygens (including phenoxy) is 3. The van der Waals surface area contributed by atoms with E-state index in [0.717, 1.165) is 5.69 Å². The number of benzene rings is 2. The molecule has 0 saturated carbocycles. The fraction of sp³-hybridized carbons (Fsp3) is 0.524. The van der Waals surface area contributed by atoms with Crippen LogP contribution in [0.4, 0.5) is 26.7 Å². The van der Waals surface area contributed by atoms with Crippen molar-refractivity contribution in [3.63, 3.8) is 0 Å². The molecule has 0 bridgehead atoms. The number of carbonyl (C=O) groups is 4. The normalized spacial score (nSPS) is 12.5. The van der Waals surface area contributed by atoms with Crippen molar-refractivity contribution in [3.8, 4) is 0 Å². The summed E-state index contributed by atoms with van der Waals surface area (Å²) in [6.45, 7) is 32.1. The monoisotopic (exact) mass is 826 g/mol. The van der Waals surface area contributed by atoms with Crippen LogP contribution in [-0.4, -0.2) is 86.3 Å². The Labute approximate surface area is 342 Å². The molecule has 0 spiro atoms. The highest BCUT2D eigenvalue weighted by Crippen LogP contribution is 2.37. The van der Waals surface area contributed by atoms with E-state index in [0.29, 0.717) is 43.2 Å². The minimum Gasteiger partial charge on any atom is -0.461 e. The van der Waals surface area contributed by atoms with Crippen molar-refractivity contribution in [2.45, 2.75) is 103 Å². The molecule has 2 aromatic carbocycles. The van der Waals surface area contributed by atoms with Gasteiger partial charge in [-0.1, -0.05) is 79.0 Å². The van der Waals surface area contributed by atoms with Gasteiger partial charge in [-0.25, -0.2) is 14.4 Å². The summed E-state index contributed by atoms with van der Waals surface area (Å²) in [5.74, 6) is -1.25. The number of nitrogens with one attached hydrogen (secondary N) is 3. The quantitative estimate of drug-likeness (QED) is 0.0454. The maximum atomic E-state index is 12.7. The van der Waals surface area contributed by atoms with Gasteiger partial charge in [0.05, 0.1) is 13.2 Å². The lowest BCUT2D eigenvalue weighted by atomic mass is 10.1. The molecule has 1 atom stereocenters. The predicted octanol–water partition coefficient (Wildman–Crippen LogP) is 9.01. The highest BCUT2D eigenvalue weighted by Gasteiger charge is 2.38. The number of urea groups is 1. The van der Waals surface area contributed by atoms with Crippen LogP contribution in [0, 0.1) is 0 Å². The molecule has 0 fully saturated rings. The van der Waals surface area contributed by atoms with Gasteiger partial charge in [-0.2, -0.15) is 0 Å². The third kappa shape index (κ3) is 17.3.